The number of aliphatic hydroxyl groups excluding tert-OH is 1. The highest BCUT2D eigenvalue weighted by atomic mass is 16.3. The second kappa shape index (κ2) is 4.40. The van der Waals surface area contributed by atoms with E-state index in [1.165, 1.54) is 0 Å². The molecular formula is C10H10N2O2. The molecule has 0 spiro atoms. The summed E-state index contributed by atoms with van der Waals surface area (Å²) in [4.78, 5) is 10.9. The van der Waals surface area contributed by atoms with Crippen molar-refractivity contribution in [2.45, 2.75) is 6.92 Å². The Balaban J connectivity index is 3.06. The number of aliphatic hydroxyl groups is 1. The SMILES string of the molecule is Cc1cccc(C#N)c1NC(=O)CO. The number of aryl methyl sites for hydroxylation is 1. The molecular weight excluding hydrogens is 180 g/mol. The number of para-hydroxylation sites is 1. The zero-order valence-electron chi connectivity index (χ0n) is 7.74. The van der Waals surface area contributed by atoms with Crippen LogP contribution in [-0.2, 0) is 4.79 Å². The number of carbonyl (C=O) groups is 1. The topological polar surface area (TPSA) is 73.1 Å². The maximum atomic E-state index is 10.9. The van der Waals surface area contributed by atoms with Gasteiger partial charge >= 0.3 is 0 Å². The summed E-state index contributed by atoms with van der Waals surface area (Å²) < 4.78 is 0. The van der Waals surface area contributed by atoms with Gasteiger partial charge in [0.2, 0.25) is 5.91 Å². The molecule has 0 aliphatic heterocycles. The van der Waals surface area contributed by atoms with E-state index in [2.05, 4.69) is 5.32 Å². The van der Waals surface area contributed by atoms with Gasteiger partial charge in [0.05, 0.1) is 11.3 Å². The molecule has 0 aliphatic rings. The minimum absolute atomic E-state index is 0.395. The van der Waals surface area contributed by atoms with Crippen molar-refractivity contribution < 1.29 is 9.90 Å². The van der Waals surface area contributed by atoms with Crippen LogP contribution in [0.25, 0.3) is 0 Å². The summed E-state index contributed by atoms with van der Waals surface area (Å²) in [6, 6.07) is 7.10. The number of benzene rings is 1. The Bertz CT molecular complexity index is 394. The summed E-state index contributed by atoms with van der Waals surface area (Å²) >= 11 is 0. The Morgan fingerprint density at radius 3 is 2.93 bits per heavy atom. The molecule has 0 heterocycles. The summed E-state index contributed by atoms with van der Waals surface area (Å²) in [7, 11) is 0. The van der Waals surface area contributed by atoms with Crippen LogP contribution in [0.2, 0.25) is 0 Å². The first-order chi connectivity index (χ1) is 6.69. The van der Waals surface area contributed by atoms with E-state index in [9.17, 15) is 4.79 Å². The molecule has 0 aromatic heterocycles. The second-order valence-corrected chi connectivity index (χ2v) is 2.82. The van der Waals surface area contributed by atoms with E-state index in [1.807, 2.05) is 6.07 Å². The Morgan fingerprint density at radius 1 is 1.64 bits per heavy atom. The van der Waals surface area contributed by atoms with Crippen LogP contribution in [0.5, 0.6) is 0 Å². The van der Waals surface area contributed by atoms with Gasteiger partial charge in [0, 0.05) is 0 Å². The third kappa shape index (κ3) is 2.09. The molecule has 4 nitrogen and oxygen atoms in total. The van der Waals surface area contributed by atoms with E-state index in [-0.39, 0.29) is 0 Å². The molecule has 0 radical (unpaired) electrons. The molecule has 0 fully saturated rings. The van der Waals surface area contributed by atoms with Crippen molar-refractivity contribution >= 4 is 11.6 Å². The van der Waals surface area contributed by atoms with Crippen LogP contribution in [0.3, 0.4) is 0 Å². The monoisotopic (exact) mass is 190 g/mol. The number of amides is 1. The first-order valence-electron chi connectivity index (χ1n) is 4.09. The zero-order chi connectivity index (χ0) is 10.6. The van der Waals surface area contributed by atoms with Crippen LogP contribution in [0.4, 0.5) is 5.69 Å². The second-order valence-electron chi connectivity index (χ2n) is 2.82. The van der Waals surface area contributed by atoms with E-state index in [0.717, 1.165) is 5.56 Å². The number of nitrogens with one attached hydrogen (secondary N) is 1. The van der Waals surface area contributed by atoms with Crippen LogP contribution in [-0.4, -0.2) is 17.6 Å². The fraction of sp³-hybridized carbons (Fsp3) is 0.200. The summed E-state index contributed by atoms with van der Waals surface area (Å²) in [5.74, 6) is -0.518. The minimum atomic E-state index is -0.584. The summed E-state index contributed by atoms with van der Waals surface area (Å²) in [6.45, 7) is 1.20. The molecule has 1 aromatic rings. The summed E-state index contributed by atoms with van der Waals surface area (Å²) in [5, 5.41) is 19.8. The number of carbonyl (C=O) groups excluding carboxylic acids is 1. The highest BCUT2D eigenvalue weighted by Gasteiger charge is 2.07. The van der Waals surface area contributed by atoms with Gasteiger partial charge in [-0.3, -0.25) is 4.79 Å². The average Bonchev–Trinajstić information content (AvgIpc) is 2.20. The van der Waals surface area contributed by atoms with E-state index < -0.39 is 12.5 Å². The lowest BCUT2D eigenvalue weighted by molar-refractivity contribution is -0.118. The predicted molar refractivity (Wildman–Crippen MR) is 51.6 cm³/mol. The fourth-order valence-corrected chi connectivity index (χ4v) is 1.11. The van der Waals surface area contributed by atoms with Crippen molar-refractivity contribution in [2.75, 3.05) is 11.9 Å². The lowest BCUT2D eigenvalue weighted by Crippen LogP contribution is -2.17. The van der Waals surface area contributed by atoms with E-state index in [0.29, 0.717) is 11.3 Å². The number of nitriles is 1. The third-order valence-corrected chi connectivity index (χ3v) is 1.80. The quantitative estimate of drug-likeness (QED) is 0.724. The lowest BCUT2D eigenvalue weighted by atomic mass is 10.1. The molecule has 0 saturated carbocycles. The fourth-order valence-electron chi connectivity index (χ4n) is 1.11. The number of hydrogen-bond acceptors (Lipinski definition) is 3. The number of hydrogen-bond donors (Lipinski definition) is 2. The van der Waals surface area contributed by atoms with Gasteiger partial charge in [0.15, 0.2) is 0 Å². The molecule has 0 bridgehead atoms. The van der Waals surface area contributed by atoms with Crippen molar-refractivity contribution in [3.05, 3.63) is 29.3 Å². The van der Waals surface area contributed by atoms with Crippen LogP contribution in [0, 0.1) is 18.3 Å². The lowest BCUT2D eigenvalue weighted by Gasteiger charge is -2.08. The summed E-state index contributed by atoms with van der Waals surface area (Å²) in [6.07, 6.45) is 0. The van der Waals surface area contributed by atoms with Crippen molar-refractivity contribution in [3.8, 4) is 6.07 Å². The Hall–Kier alpha value is -1.86. The maximum absolute atomic E-state index is 10.9. The average molecular weight is 190 g/mol. The molecule has 0 aliphatic carbocycles. The first-order valence-corrected chi connectivity index (χ1v) is 4.09. The van der Waals surface area contributed by atoms with Crippen LogP contribution >= 0.6 is 0 Å². The molecule has 1 amide bonds. The van der Waals surface area contributed by atoms with Gasteiger partial charge in [-0.05, 0) is 18.6 Å². The van der Waals surface area contributed by atoms with Gasteiger partial charge in [-0.2, -0.15) is 5.26 Å². The zero-order valence-corrected chi connectivity index (χ0v) is 7.74. The molecule has 4 heteroatoms. The van der Waals surface area contributed by atoms with Crippen LogP contribution in [0.15, 0.2) is 18.2 Å². The summed E-state index contributed by atoms with van der Waals surface area (Å²) in [5.41, 5.74) is 1.66. The molecule has 0 unspecified atom stereocenters. The van der Waals surface area contributed by atoms with E-state index in [1.54, 1.807) is 25.1 Å². The predicted octanol–water partition coefficient (Wildman–Crippen LogP) is 0.797. The highest BCUT2D eigenvalue weighted by molar-refractivity contribution is 5.93. The largest absolute Gasteiger partial charge is 0.387 e. The molecule has 1 aromatic carbocycles. The number of rotatable bonds is 2. The van der Waals surface area contributed by atoms with E-state index >= 15 is 0 Å². The standard InChI is InChI=1S/C10H10N2O2/c1-7-3-2-4-8(5-11)10(7)12-9(14)6-13/h2-4,13H,6H2,1H3,(H,12,14). The van der Waals surface area contributed by atoms with Gasteiger partial charge in [-0.1, -0.05) is 12.1 Å². The van der Waals surface area contributed by atoms with Crippen molar-refractivity contribution in [2.24, 2.45) is 0 Å². The number of nitrogens with zero attached hydrogens (tertiary/aromatic N) is 1. The van der Waals surface area contributed by atoms with Crippen molar-refractivity contribution in [1.29, 1.82) is 5.26 Å². The van der Waals surface area contributed by atoms with Gasteiger partial charge in [-0.25, -0.2) is 0 Å². The normalized spacial score (nSPS) is 9.21. The first kappa shape index (κ1) is 10.2. The third-order valence-electron chi connectivity index (χ3n) is 1.80. The van der Waals surface area contributed by atoms with Gasteiger partial charge in [0.1, 0.15) is 12.7 Å². The Labute approximate surface area is 81.8 Å². The molecule has 0 atom stereocenters. The Morgan fingerprint density at radius 2 is 2.36 bits per heavy atom. The smallest absolute Gasteiger partial charge is 0.250 e. The highest BCUT2D eigenvalue weighted by Crippen LogP contribution is 2.19. The maximum Gasteiger partial charge on any atom is 0.250 e. The Kier molecular flexibility index (Phi) is 3.21. The number of anilines is 1. The van der Waals surface area contributed by atoms with Gasteiger partial charge in [-0.15, -0.1) is 0 Å². The molecule has 72 valence electrons. The van der Waals surface area contributed by atoms with Gasteiger partial charge < -0.3 is 10.4 Å². The van der Waals surface area contributed by atoms with Crippen LogP contribution < -0.4 is 5.32 Å². The van der Waals surface area contributed by atoms with Crippen molar-refractivity contribution in [3.63, 3.8) is 0 Å². The molecule has 1 rings (SSSR count). The minimum Gasteiger partial charge on any atom is -0.387 e. The molecule has 14 heavy (non-hydrogen) atoms. The van der Waals surface area contributed by atoms with Crippen LogP contribution in [0.1, 0.15) is 11.1 Å². The molecule has 2 N–H and O–H groups in total. The molecule has 0 saturated heterocycles. The van der Waals surface area contributed by atoms with E-state index in [4.69, 9.17) is 10.4 Å². The van der Waals surface area contributed by atoms with Crippen molar-refractivity contribution in [1.82, 2.24) is 0 Å². The van der Waals surface area contributed by atoms with Gasteiger partial charge in [0.25, 0.3) is 0 Å².